The maximum absolute atomic E-state index is 5.54. The molecule has 0 radical (unpaired) electrons. The number of rotatable bonds is 12. The molecule has 0 bridgehead atoms. The van der Waals surface area contributed by atoms with Gasteiger partial charge in [-0.2, -0.15) is 0 Å². The van der Waals surface area contributed by atoms with Crippen molar-refractivity contribution in [3.8, 4) is 0 Å². The molecule has 0 aliphatic heterocycles. The highest BCUT2D eigenvalue weighted by Crippen LogP contribution is 2.06. The van der Waals surface area contributed by atoms with Crippen LogP contribution < -0.4 is 0 Å². The monoisotopic (exact) mass is 267 g/mol. The zero-order valence-corrected chi connectivity index (χ0v) is 12.8. The summed E-state index contributed by atoms with van der Waals surface area (Å²) in [6, 6.07) is 0. The molecule has 0 unspecified atom stereocenters. The smallest absolute Gasteiger partial charge is 0.0704 e. The maximum Gasteiger partial charge on any atom is 0.0704 e. The predicted octanol–water partition coefficient (Wildman–Crippen LogP) is 3.05. The number of nitrogens with zero attached hydrogens (tertiary/aromatic N) is 1. The molecular formula is C16H29NO2. The van der Waals surface area contributed by atoms with E-state index >= 15 is 0 Å². The third kappa shape index (κ3) is 13.3. The van der Waals surface area contributed by atoms with Crippen molar-refractivity contribution in [3.63, 3.8) is 0 Å². The predicted molar refractivity (Wildman–Crippen MR) is 82.5 cm³/mol. The summed E-state index contributed by atoms with van der Waals surface area (Å²) in [6.07, 6.45) is 5.97. The molecule has 0 spiro atoms. The van der Waals surface area contributed by atoms with Gasteiger partial charge in [-0.25, -0.2) is 0 Å². The lowest BCUT2D eigenvalue weighted by Gasteiger charge is -2.10. The van der Waals surface area contributed by atoms with Crippen molar-refractivity contribution in [3.05, 3.63) is 36.5 Å². The Morgan fingerprint density at radius 1 is 1.16 bits per heavy atom. The van der Waals surface area contributed by atoms with Gasteiger partial charge in [-0.05, 0) is 33.9 Å². The van der Waals surface area contributed by atoms with E-state index < -0.39 is 0 Å². The van der Waals surface area contributed by atoms with E-state index in [1.54, 1.807) is 0 Å². The molecule has 0 aromatic rings. The highest BCUT2D eigenvalue weighted by molar-refractivity contribution is 5.12. The lowest BCUT2D eigenvalue weighted by molar-refractivity contribution is 0.0504. The Morgan fingerprint density at radius 2 is 1.84 bits per heavy atom. The van der Waals surface area contributed by atoms with Crippen molar-refractivity contribution in [2.45, 2.75) is 19.8 Å². The molecule has 0 N–H and O–H groups in total. The lowest BCUT2D eigenvalue weighted by atomic mass is 10.1. The fourth-order valence-electron chi connectivity index (χ4n) is 1.37. The van der Waals surface area contributed by atoms with Gasteiger partial charge in [-0.1, -0.05) is 36.5 Å². The molecule has 0 aromatic heterocycles. The molecule has 0 atom stereocenters. The van der Waals surface area contributed by atoms with Crippen LogP contribution in [0, 0.1) is 0 Å². The first kappa shape index (κ1) is 18.1. The van der Waals surface area contributed by atoms with Gasteiger partial charge in [0.2, 0.25) is 0 Å². The summed E-state index contributed by atoms with van der Waals surface area (Å²) >= 11 is 0. The Bertz CT molecular complexity index is 282. The van der Waals surface area contributed by atoms with Crippen LogP contribution in [0.25, 0.3) is 0 Å². The normalized spacial score (nSPS) is 11.9. The van der Waals surface area contributed by atoms with Crippen molar-refractivity contribution in [1.82, 2.24) is 4.90 Å². The van der Waals surface area contributed by atoms with Crippen LogP contribution in [0.15, 0.2) is 36.5 Å². The van der Waals surface area contributed by atoms with Crippen LogP contribution >= 0.6 is 0 Å². The third-order valence-electron chi connectivity index (χ3n) is 2.63. The minimum atomic E-state index is 0.651. The second-order valence-corrected chi connectivity index (χ2v) is 4.92. The van der Waals surface area contributed by atoms with E-state index in [2.05, 4.69) is 31.1 Å². The van der Waals surface area contributed by atoms with Crippen LogP contribution in [0.3, 0.4) is 0 Å². The summed E-state index contributed by atoms with van der Waals surface area (Å²) in [7, 11) is 4.07. The van der Waals surface area contributed by atoms with E-state index in [1.165, 1.54) is 5.57 Å². The number of ether oxygens (including phenoxy) is 2. The van der Waals surface area contributed by atoms with Crippen LogP contribution in [0.2, 0.25) is 0 Å². The first-order valence-corrected chi connectivity index (χ1v) is 6.82. The third-order valence-corrected chi connectivity index (χ3v) is 2.63. The van der Waals surface area contributed by atoms with E-state index in [1.807, 2.05) is 20.2 Å². The standard InChI is InChI=1S/C16H29NO2/c1-6-15(2)8-7-9-16(3)14-19-13-12-18-11-10-17(4)5/h6,9H,1-2,7-8,10-14H2,3-5H3/b16-9-. The number of allylic oxidation sites excluding steroid dienone is 3. The molecule has 0 aliphatic carbocycles. The summed E-state index contributed by atoms with van der Waals surface area (Å²) in [4.78, 5) is 2.10. The molecule has 0 aromatic carbocycles. The van der Waals surface area contributed by atoms with Crippen LogP contribution in [-0.4, -0.2) is 52.0 Å². The summed E-state index contributed by atoms with van der Waals surface area (Å²) in [5.41, 5.74) is 2.34. The molecule has 3 nitrogen and oxygen atoms in total. The van der Waals surface area contributed by atoms with Gasteiger partial charge in [0.25, 0.3) is 0 Å². The second kappa shape index (κ2) is 12.2. The Balaban J connectivity index is 3.42. The van der Waals surface area contributed by atoms with Gasteiger partial charge < -0.3 is 14.4 Å². The zero-order valence-electron chi connectivity index (χ0n) is 12.8. The Labute approximate surface area is 118 Å². The van der Waals surface area contributed by atoms with Crippen LogP contribution in [0.5, 0.6) is 0 Å². The molecule has 0 aliphatic rings. The van der Waals surface area contributed by atoms with Crippen molar-refractivity contribution in [2.75, 3.05) is 47.1 Å². The van der Waals surface area contributed by atoms with Gasteiger partial charge in [0.05, 0.1) is 26.4 Å². The summed E-state index contributed by atoms with van der Waals surface area (Å²) in [6.45, 7) is 13.4. The molecule has 0 saturated carbocycles. The van der Waals surface area contributed by atoms with Crippen molar-refractivity contribution < 1.29 is 9.47 Å². The summed E-state index contributed by atoms with van der Waals surface area (Å²) in [5, 5.41) is 0. The van der Waals surface area contributed by atoms with E-state index in [0.717, 1.165) is 31.6 Å². The summed E-state index contributed by atoms with van der Waals surface area (Å²) in [5.74, 6) is 0. The van der Waals surface area contributed by atoms with Crippen molar-refractivity contribution >= 4 is 0 Å². The average molecular weight is 267 g/mol. The molecule has 0 rings (SSSR count). The first-order valence-electron chi connectivity index (χ1n) is 6.82. The van der Waals surface area contributed by atoms with Gasteiger partial charge in [0.15, 0.2) is 0 Å². The van der Waals surface area contributed by atoms with Gasteiger partial charge in [-0.15, -0.1) is 0 Å². The minimum Gasteiger partial charge on any atom is -0.378 e. The minimum absolute atomic E-state index is 0.651. The maximum atomic E-state index is 5.54. The molecule has 0 amide bonds. The molecule has 0 saturated heterocycles. The van der Waals surface area contributed by atoms with Crippen LogP contribution in [0.4, 0.5) is 0 Å². The van der Waals surface area contributed by atoms with Crippen molar-refractivity contribution in [2.24, 2.45) is 0 Å². The lowest BCUT2D eigenvalue weighted by Crippen LogP contribution is -2.19. The molecule has 110 valence electrons. The summed E-state index contributed by atoms with van der Waals surface area (Å²) < 4.78 is 11.0. The number of hydrogen-bond donors (Lipinski definition) is 0. The second-order valence-electron chi connectivity index (χ2n) is 4.92. The SMILES string of the molecule is C=CC(=C)CC/C=C(/C)COCCOCCN(C)C. The Kier molecular flexibility index (Phi) is 11.6. The highest BCUT2D eigenvalue weighted by Gasteiger charge is 1.94. The fraction of sp³-hybridized carbons (Fsp3) is 0.625. The van der Waals surface area contributed by atoms with Crippen LogP contribution in [0.1, 0.15) is 19.8 Å². The molecule has 0 fully saturated rings. The zero-order chi connectivity index (χ0) is 14.5. The largest absolute Gasteiger partial charge is 0.378 e. The van der Waals surface area contributed by atoms with Gasteiger partial charge in [-0.3, -0.25) is 0 Å². The highest BCUT2D eigenvalue weighted by atomic mass is 16.5. The average Bonchev–Trinajstić information content (AvgIpc) is 2.37. The van der Waals surface area contributed by atoms with Gasteiger partial charge in [0.1, 0.15) is 0 Å². The molecule has 3 heteroatoms. The number of likely N-dealkylation sites (N-methyl/N-ethyl adjacent to an activating group) is 1. The van der Waals surface area contributed by atoms with Crippen molar-refractivity contribution in [1.29, 1.82) is 0 Å². The first-order chi connectivity index (χ1) is 9.06. The molecular weight excluding hydrogens is 238 g/mol. The van der Waals surface area contributed by atoms with E-state index in [-0.39, 0.29) is 0 Å². The van der Waals surface area contributed by atoms with E-state index in [0.29, 0.717) is 19.8 Å². The van der Waals surface area contributed by atoms with Gasteiger partial charge in [0, 0.05) is 6.54 Å². The Morgan fingerprint density at radius 3 is 2.47 bits per heavy atom. The fourth-order valence-corrected chi connectivity index (χ4v) is 1.37. The van der Waals surface area contributed by atoms with E-state index in [4.69, 9.17) is 9.47 Å². The topological polar surface area (TPSA) is 21.7 Å². The number of hydrogen-bond acceptors (Lipinski definition) is 3. The van der Waals surface area contributed by atoms with E-state index in [9.17, 15) is 0 Å². The van der Waals surface area contributed by atoms with Gasteiger partial charge >= 0.3 is 0 Å². The van der Waals surface area contributed by atoms with Crippen LogP contribution in [-0.2, 0) is 9.47 Å². The molecule has 19 heavy (non-hydrogen) atoms. The Hall–Kier alpha value is -0.900. The molecule has 0 heterocycles. The quantitative estimate of drug-likeness (QED) is 0.308.